The minimum atomic E-state index is -0.880. The molecule has 0 saturated heterocycles. The van der Waals surface area contributed by atoms with Crippen LogP contribution < -0.4 is 4.74 Å². The van der Waals surface area contributed by atoms with E-state index in [4.69, 9.17) is 9.47 Å². The van der Waals surface area contributed by atoms with E-state index in [2.05, 4.69) is 37.8 Å². The van der Waals surface area contributed by atoms with Crippen LogP contribution in [0.15, 0.2) is 110 Å². The average molecular weight is 589 g/mol. The lowest BCUT2D eigenvalue weighted by Crippen LogP contribution is -2.06. The second kappa shape index (κ2) is 14.4. The van der Waals surface area contributed by atoms with Gasteiger partial charge in [0.15, 0.2) is 11.6 Å². The Morgan fingerprint density at radius 1 is 0.727 bits per heavy atom. The minimum absolute atomic E-state index is 0.201. The van der Waals surface area contributed by atoms with Crippen LogP contribution in [-0.2, 0) is 16.0 Å². The molecule has 0 fully saturated rings. The number of aryl methyl sites for hydroxylation is 1. The second-order valence-electron chi connectivity index (χ2n) is 10.5. The normalized spacial score (nSPS) is 11.2. The Balaban J connectivity index is 1.26. The number of esters is 1. The highest BCUT2D eigenvalue weighted by atomic mass is 19.2. The zero-order valence-electron chi connectivity index (χ0n) is 24.7. The summed E-state index contributed by atoms with van der Waals surface area (Å²) in [5.41, 5.74) is 5.03. The molecule has 5 aromatic carbocycles. The van der Waals surface area contributed by atoms with Crippen LogP contribution in [0.2, 0.25) is 0 Å². The molecule has 0 unspecified atom stereocenters. The predicted molar refractivity (Wildman–Crippen MR) is 175 cm³/mol. The summed E-state index contributed by atoms with van der Waals surface area (Å²) in [6.45, 7) is 6.17. The monoisotopic (exact) mass is 588 g/mol. The first-order valence-corrected chi connectivity index (χ1v) is 14.8. The number of halogens is 2. The van der Waals surface area contributed by atoms with Crippen molar-refractivity contribution in [2.24, 2.45) is 0 Å². The van der Waals surface area contributed by atoms with Gasteiger partial charge in [-0.15, -0.1) is 0 Å². The first-order valence-electron chi connectivity index (χ1n) is 14.8. The Morgan fingerprint density at radius 3 is 1.98 bits per heavy atom. The van der Waals surface area contributed by atoms with Crippen LogP contribution in [-0.4, -0.2) is 19.2 Å². The number of hydrogen-bond acceptors (Lipinski definition) is 3. The lowest BCUT2D eigenvalue weighted by Gasteiger charge is -2.11. The number of benzene rings is 5. The number of carbonyl (C=O) groups excluding carboxylic acids is 1. The van der Waals surface area contributed by atoms with Crippen molar-refractivity contribution >= 4 is 28.9 Å². The van der Waals surface area contributed by atoms with Crippen LogP contribution in [0.25, 0.3) is 45.2 Å². The molecule has 222 valence electrons. The fraction of sp³-hybridized carbons (Fsp3) is 0.154. The maximum Gasteiger partial charge on any atom is 0.330 e. The quantitative estimate of drug-likeness (QED) is 0.0630. The van der Waals surface area contributed by atoms with Gasteiger partial charge in [-0.1, -0.05) is 111 Å². The molecule has 0 aliphatic rings. The zero-order valence-corrected chi connectivity index (χ0v) is 24.7. The Bertz CT molecular complexity index is 1790. The van der Waals surface area contributed by atoms with E-state index in [1.54, 1.807) is 18.2 Å². The van der Waals surface area contributed by atoms with Crippen LogP contribution in [0, 0.1) is 11.6 Å². The molecule has 0 saturated carbocycles. The first-order chi connectivity index (χ1) is 21.4. The molecule has 0 heterocycles. The van der Waals surface area contributed by atoms with Gasteiger partial charge in [0.1, 0.15) is 5.75 Å². The van der Waals surface area contributed by atoms with Gasteiger partial charge >= 0.3 is 5.97 Å². The van der Waals surface area contributed by atoms with Crippen molar-refractivity contribution in [2.75, 3.05) is 13.2 Å². The molecule has 5 aromatic rings. The highest BCUT2D eigenvalue weighted by Crippen LogP contribution is 2.33. The molecule has 5 rings (SSSR count). The van der Waals surface area contributed by atoms with E-state index in [1.807, 2.05) is 66.7 Å². The Kier molecular flexibility index (Phi) is 9.98. The van der Waals surface area contributed by atoms with Crippen LogP contribution in [0.3, 0.4) is 0 Å². The Labute approximate surface area is 257 Å². The summed E-state index contributed by atoms with van der Waals surface area (Å²) in [7, 11) is 0. The molecule has 0 aliphatic heterocycles. The predicted octanol–water partition coefficient (Wildman–Crippen LogP) is 10.1. The Hall–Kier alpha value is -5.03. The van der Waals surface area contributed by atoms with Gasteiger partial charge in [-0.25, -0.2) is 13.6 Å². The standard InChI is InChI=1S/C39H34F2O3/c1-3-6-27-7-9-28(10-8-27)11-12-29-13-15-30(16-14-29)35-21-22-36(39(41)38(35)40)33-18-17-32-26-34(20-19-31(32)25-33)43-23-5-24-44-37(42)4-2/h4,7-22,25-26H,2-3,5-6,23-24H2,1H3/b12-11+. The number of rotatable bonds is 12. The van der Waals surface area contributed by atoms with Gasteiger partial charge in [-0.3, -0.25) is 0 Å². The highest BCUT2D eigenvalue weighted by molar-refractivity contribution is 5.89. The lowest BCUT2D eigenvalue weighted by atomic mass is 9.96. The molecule has 44 heavy (non-hydrogen) atoms. The molecular weight excluding hydrogens is 554 g/mol. The summed E-state index contributed by atoms with van der Waals surface area (Å²) >= 11 is 0. The van der Waals surface area contributed by atoms with Crippen molar-refractivity contribution in [3.05, 3.63) is 138 Å². The number of ether oxygens (including phenoxy) is 2. The number of carbonyl (C=O) groups is 1. The van der Waals surface area contributed by atoms with Crippen LogP contribution >= 0.6 is 0 Å². The van der Waals surface area contributed by atoms with E-state index in [0.29, 0.717) is 29.9 Å². The van der Waals surface area contributed by atoms with E-state index in [-0.39, 0.29) is 17.7 Å². The molecule has 0 N–H and O–H groups in total. The van der Waals surface area contributed by atoms with Crippen molar-refractivity contribution in [3.8, 4) is 28.0 Å². The average Bonchev–Trinajstić information content (AvgIpc) is 3.05. The van der Waals surface area contributed by atoms with Crippen molar-refractivity contribution in [2.45, 2.75) is 26.2 Å². The van der Waals surface area contributed by atoms with Gasteiger partial charge < -0.3 is 9.47 Å². The second-order valence-corrected chi connectivity index (χ2v) is 10.5. The summed E-state index contributed by atoms with van der Waals surface area (Å²) < 4.78 is 41.5. The topological polar surface area (TPSA) is 35.5 Å². The van der Waals surface area contributed by atoms with E-state index in [1.165, 1.54) is 5.56 Å². The van der Waals surface area contributed by atoms with Gasteiger partial charge in [-0.2, -0.15) is 0 Å². The molecular formula is C39H34F2O3. The van der Waals surface area contributed by atoms with Gasteiger partial charge in [0.05, 0.1) is 13.2 Å². The summed E-state index contributed by atoms with van der Waals surface area (Å²) in [6.07, 6.45) is 7.92. The van der Waals surface area contributed by atoms with E-state index in [9.17, 15) is 4.79 Å². The van der Waals surface area contributed by atoms with Crippen molar-refractivity contribution < 1.29 is 23.0 Å². The molecule has 0 aromatic heterocycles. The summed E-state index contributed by atoms with van der Waals surface area (Å²) in [6, 6.07) is 30.3. The molecule has 0 atom stereocenters. The van der Waals surface area contributed by atoms with Gasteiger partial charge in [-0.05, 0) is 63.2 Å². The third kappa shape index (κ3) is 7.48. The molecule has 0 radical (unpaired) electrons. The fourth-order valence-corrected chi connectivity index (χ4v) is 5.01. The molecule has 0 bridgehead atoms. The largest absolute Gasteiger partial charge is 0.493 e. The van der Waals surface area contributed by atoms with Gasteiger partial charge in [0.25, 0.3) is 0 Å². The smallest absolute Gasteiger partial charge is 0.330 e. The first kappa shape index (κ1) is 30.4. The maximum atomic E-state index is 15.4. The van der Waals surface area contributed by atoms with E-state index < -0.39 is 17.6 Å². The van der Waals surface area contributed by atoms with Crippen LogP contribution in [0.1, 0.15) is 36.5 Å². The van der Waals surface area contributed by atoms with Crippen LogP contribution in [0.4, 0.5) is 8.78 Å². The van der Waals surface area contributed by atoms with E-state index >= 15 is 8.78 Å². The van der Waals surface area contributed by atoms with Crippen molar-refractivity contribution in [1.82, 2.24) is 0 Å². The molecule has 3 nitrogen and oxygen atoms in total. The van der Waals surface area contributed by atoms with Crippen molar-refractivity contribution in [1.29, 1.82) is 0 Å². The Morgan fingerprint density at radius 2 is 1.32 bits per heavy atom. The van der Waals surface area contributed by atoms with Crippen LogP contribution in [0.5, 0.6) is 5.75 Å². The fourth-order valence-electron chi connectivity index (χ4n) is 5.01. The van der Waals surface area contributed by atoms with Gasteiger partial charge in [0.2, 0.25) is 0 Å². The number of hydrogen-bond donors (Lipinski definition) is 0. The van der Waals surface area contributed by atoms with E-state index in [0.717, 1.165) is 40.8 Å². The zero-order chi connectivity index (χ0) is 30.9. The summed E-state index contributed by atoms with van der Waals surface area (Å²) in [5, 5.41) is 1.78. The molecule has 5 heteroatoms. The molecule has 0 spiro atoms. The van der Waals surface area contributed by atoms with Crippen molar-refractivity contribution in [3.63, 3.8) is 0 Å². The third-order valence-corrected chi connectivity index (χ3v) is 7.38. The highest BCUT2D eigenvalue weighted by Gasteiger charge is 2.16. The minimum Gasteiger partial charge on any atom is -0.493 e. The SMILES string of the molecule is C=CC(=O)OCCCOc1ccc2cc(-c3ccc(-c4ccc(/C=C/c5ccc(CCC)cc5)cc4)c(F)c3F)ccc2c1. The molecule has 0 aliphatic carbocycles. The lowest BCUT2D eigenvalue weighted by molar-refractivity contribution is -0.137. The summed E-state index contributed by atoms with van der Waals surface area (Å²) in [5.74, 6) is -1.54. The molecule has 0 amide bonds. The number of fused-ring (bicyclic) bond motifs is 1. The third-order valence-electron chi connectivity index (χ3n) is 7.38. The summed E-state index contributed by atoms with van der Waals surface area (Å²) in [4.78, 5) is 11.1. The maximum absolute atomic E-state index is 15.4. The van der Waals surface area contributed by atoms with Gasteiger partial charge in [0, 0.05) is 23.6 Å².